The predicted octanol–water partition coefficient (Wildman–Crippen LogP) is 1.09. The van der Waals surface area contributed by atoms with Gasteiger partial charge in [-0.1, -0.05) is 13.8 Å². The highest BCUT2D eigenvalue weighted by molar-refractivity contribution is 5.84. The van der Waals surface area contributed by atoms with Crippen molar-refractivity contribution in [3.63, 3.8) is 0 Å². The zero-order chi connectivity index (χ0) is 24.5. The summed E-state index contributed by atoms with van der Waals surface area (Å²) in [7, 11) is 1.55. The standard InChI is InChI=1S/C22H30N4O7/c1-12-8-18(22(30)31)33-21(13(2)17(28)11-27)20(12)25-19(29)10-24-9-16(26-23)14-4-6-15(32-3)7-5-14/h4-9,12-13,17,20-21,23-24,27-28H,10-11H2,1-3H3,(H,25,29)(H,30,31)/b16-9-,26-23?/t12?,13?,17?,20-,21?/m1/s1. The van der Waals surface area contributed by atoms with Gasteiger partial charge in [0.05, 0.1) is 32.4 Å². The number of methoxy groups -OCH3 is 1. The summed E-state index contributed by atoms with van der Waals surface area (Å²) in [5.74, 6) is -2.32. The summed E-state index contributed by atoms with van der Waals surface area (Å²) in [6.45, 7) is 2.67. The van der Waals surface area contributed by atoms with Crippen molar-refractivity contribution in [3.05, 3.63) is 47.9 Å². The minimum Gasteiger partial charge on any atom is -0.497 e. The van der Waals surface area contributed by atoms with E-state index in [-0.39, 0.29) is 12.3 Å². The van der Waals surface area contributed by atoms with Crippen LogP contribution in [0.25, 0.3) is 5.70 Å². The monoisotopic (exact) mass is 462 g/mol. The van der Waals surface area contributed by atoms with Gasteiger partial charge in [0, 0.05) is 23.6 Å². The first kappa shape index (κ1) is 25.8. The van der Waals surface area contributed by atoms with Crippen molar-refractivity contribution in [2.75, 3.05) is 20.3 Å². The second-order valence-corrected chi connectivity index (χ2v) is 7.73. The van der Waals surface area contributed by atoms with Crippen molar-refractivity contribution < 1.29 is 34.4 Å². The molecule has 11 heteroatoms. The Kier molecular flexibility index (Phi) is 9.37. The number of nitrogens with one attached hydrogen (secondary N) is 3. The van der Waals surface area contributed by atoms with Gasteiger partial charge in [-0.3, -0.25) is 4.79 Å². The van der Waals surface area contributed by atoms with Gasteiger partial charge in [0.15, 0.2) is 0 Å². The lowest BCUT2D eigenvalue weighted by Gasteiger charge is -2.39. The molecule has 0 fully saturated rings. The maximum Gasteiger partial charge on any atom is 0.370 e. The van der Waals surface area contributed by atoms with Crippen molar-refractivity contribution in [3.8, 4) is 5.75 Å². The highest BCUT2D eigenvalue weighted by Gasteiger charge is 2.40. The quantitative estimate of drug-likeness (QED) is 0.265. The number of nitrogens with zero attached hydrogens (tertiary/aromatic N) is 1. The normalized spacial score (nSPS) is 22.3. The third kappa shape index (κ3) is 6.77. The largest absolute Gasteiger partial charge is 0.497 e. The molecule has 1 heterocycles. The van der Waals surface area contributed by atoms with E-state index in [2.05, 4.69) is 15.7 Å². The number of carbonyl (C=O) groups excluding carboxylic acids is 1. The van der Waals surface area contributed by atoms with Gasteiger partial charge in [-0.25, -0.2) is 10.3 Å². The Balaban J connectivity index is 2.08. The molecule has 6 N–H and O–H groups in total. The van der Waals surface area contributed by atoms with Crippen LogP contribution in [0.3, 0.4) is 0 Å². The zero-order valence-electron chi connectivity index (χ0n) is 18.7. The number of rotatable bonds is 11. The maximum absolute atomic E-state index is 12.6. The molecule has 2 rings (SSSR count). The highest BCUT2D eigenvalue weighted by Crippen LogP contribution is 2.29. The molecule has 0 bridgehead atoms. The van der Waals surface area contributed by atoms with E-state index in [9.17, 15) is 24.9 Å². The fraction of sp³-hybridized carbons (Fsp3) is 0.455. The molecule has 1 aliphatic heterocycles. The Morgan fingerprint density at radius 2 is 2.00 bits per heavy atom. The first-order valence-corrected chi connectivity index (χ1v) is 10.4. The van der Waals surface area contributed by atoms with Crippen LogP contribution < -0.4 is 15.4 Å². The van der Waals surface area contributed by atoms with E-state index in [1.54, 1.807) is 45.2 Å². The minimum absolute atomic E-state index is 0.141. The number of aliphatic hydroxyl groups is 2. The summed E-state index contributed by atoms with van der Waals surface area (Å²) in [4.78, 5) is 24.0. The molecule has 0 aromatic heterocycles. The fourth-order valence-corrected chi connectivity index (χ4v) is 3.47. The molecule has 1 aliphatic rings. The molecule has 0 saturated carbocycles. The molecule has 4 unspecified atom stereocenters. The van der Waals surface area contributed by atoms with Crippen LogP contribution in [-0.4, -0.2) is 65.7 Å². The number of benzene rings is 1. The number of hydrogen-bond acceptors (Lipinski definition) is 9. The van der Waals surface area contributed by atoms with Gasteiger partial charge in [0.25, 0.3) is 0 Å². The molecule has 5 atom stereocenters. The van der Waals surface area contributed by atoms with Crippen LogP contribution in [0, 0.1) is 17.4 Å². The molecule has 33 heavy (non-hydrogen) atoms. The molecule has 180 valence electrons. The maximum atomic E-state index is 12.6. The number of aliphatic carboxylic acids is 1. The summed E-state index contributed by atoms with van der Waals surface area (Å²) in [6, 6.07) is 6.29. The van der Waals surface area contributed by atoms with Crippen molar-refractivity contribution in [2.24, 2.45) is 17.0 Å². The average molecular weight is 463 g/mol. The Morgan fingerprint density at radius 3 is 2.55 bits per heavy atom. The number of ether oxygens (including phenoxy) is 2. The number of amides is 1. The van der Waals surface area contributed by atoms with Crippen LogP contribution in [0.4, 0.5) is 0 Å². The highest BCUT2D eigenvalue weighted by atomic mass is 16.5. The molecule has 1 aromatic carbocycles. The molecule has 0 aliphatic carbocycles. The van der Waals surface area contributed by atoms with Gasteiger partial charge in [-0.2, -0.15) is 5.11 Å². The fourth-order valence-electron chi connectivity index (χ4n) is 3.47. The van der Waals surface area contributed by atoms with E-state index >= 15 is 0 Å². The number of carboxylic acid groups (broad SMARTS) is 1. The van der Waals surface area contributed by atoms with Crippen LogP contribution in [0.5, 0.6) is 5.75 Å². The van der Waals surface area contributed by atoms with Crippen molar-refractivity contribution in [1.29, 1.82) is 5.53 Å². The molecule has 0 radical (unpaired) electrons. The molecular weight excluding hydrogens is 432 g/mol. The molecular formula is C22H30N4O7. The predicted molar refractivity (Wildman–Crippen MR) is 118 cm³/mol. The number of carbonyl (C=O) groups is 2. The molecule has 11 nitrogen and oxygen atoms in total. The van der Waals surface area contributed by atoms with Crippen LogP contribution in [0.2, 0.25) is 0 Å². The molecule has 1 amide bonds. The number of hydrogen-bond donors (Lipinski definition) is 6. The van der Waals surface area contributed by atoms with Crippen molar-refractivity contribution in [1.82, 2.24) is 10.6 Å². The second-order valence-electron chi connectivity index (χ2n) is 7.73. The summed E-state index contributed by atoms with van der Waals surface area (Å²) in [6.07, 6.45) is 0.820. The van der Waals surface area contributed by atoms with E-state index < -0.39 is 48.6 Å². The Labute approximate surface area is 191 Å². The van der Waals surface area contributed by atoms with Crippen molar-refractivity contribution in [2.45, 2.75) is 32.1 Å². The summed E-state index contributed by atoms with van der Waals surface area (Å²) in [5.41, 5.74) is 8.34. The SMILES string of the molecule is COc1ccc(/C(=C/NCC(=O)N[C@@H]2C(C)C=C(C(=O)O)OC2C(C)C(O)CO)N=N)cc1. The number of aliphatic hydroxyl groups excluding tert-OH is 2. The lowest BCUT2D eigenvalue weighted by atomic mass is 9.84. The third-order valence-electron chi connectivity index (χ3n) is 5.46. The first-order chi connectivity index (χ1) is 15.7. The van der Waals surface area contributed by atoms with Crippen LogP contribution in [0.1, 0.15) is 19.4 Å². The van der Waals surface area contributed by atoms with Gasteiger partial charge in [-0.15, -0.1) is 0 Å². The average Bonchev–Trinajstić information content (AvgIpc) is 2.81. The van der Waals surface area contributed by atoms with E-state index in [1.165, 1.54) is 12.3 Å². The molecule has 1 aromatic rings. The van der Waals surface area contributed by atoms with Crippen molar-refractivity contribution >= 4 is 17.6 Å². The topological polar surface area (TPSA) is 174 Å². The van der Waals surface area contributed by atoms with E-state index in [4.69, 9.17) is 15.0 Å². The third-order valence-corrected chi connectivity index (χ3v) is 5.46. The van der Waals surface area contributed by atoms with E-state index in [0.29, 0.717) is 17.0 Å². The Morgan fingerprint density at radius 1 is 1.33 bits per heavy atom. The lowest BCUT2D eigenvalue weighted by Crippen LogP contribution is -2.56. The minimum atomic E-state index is -1.25. The second kappa shape index (κ2) is 12.0. The smallest absolute Gasteiger partial charge is 0.370 e. The van der Waals surface area contributed by atoms with Gasteiger partial charge >= 0.3 is 5.97 Å². The van der Waals surface area contributed by atoms with Gasteiger partial charge < -0.3 is 35.4 Å². The van der Waals surface area contributed by atoms with E-state index in [0.717, 1.165) is 0 Å². The zero-order valence-corrected chi connectivity index (χ0v) is 18.7. The first-order valence-electron chi connectivity index (χ1n) is 10.4. The van der Waals surface area contributed by atoms with Gasteiger partial charge in [-0.05, 0) is 30.3 Å². The molecule has 0 saturated heterocycles. The van der Waals surface area contributed by atoms with E-state index in [1.807, 2.05) is 0 Å². The summed E-state index contributed by atoms with van der Waals surface area (Å²) in [5, 5.41) is 37.7. The summed E-state index contributed by atoms with van der Waals surface area (Å²) >= 11 is 0. The van der Waals surface area contributed by atoms with Crippen LogP contribution in [-0.2, 0) is 14.3 Å². The Bertz CT molecular complexity index is 901. The molecule has 0 spiro atoms. The number of carboxylic acids is 1. The van der Waals surface area contributed by atoms with Crippen LogP contribution >= 0.6 is 0 Å². The van der Waals surface area contributed by atoms with Gasteiger partial charge in [0.1, 0.15) is 17.6 Å². The van der Waals surface area contributed by atoms with Gasteiger partial charge in [0.2, 0.25) is 11.7 Å². The Hall–Kier alpha value is -3.44. The summed E-state index contributed by atoms with van der Waals surface area (Å²) < 4.78 is 10.6. The van der Waals surface area contributed by atoms with Crippen LogP contribution in [0.15, 0.2) is 47.4 Å². The lowest BCUT2D eigenvalue weighted by molar-refractivity contribution is -0.141.